The Kier molecular flexibility index (Phi) is 4.62. The highest BCUT2D eigenvalue weighted by Crippen LogP contribution is 2.30. The summed E-state index contributed by atoms with van der Waals surface area (Å²) in [7, 11) is 0. The van der Waals surface area contributed by atoms with E-state index in [-0.39, 0.29) is 12.5 Å². The predicted molar refractivity (Wildman–Crippen MR) is 87.1 cm³/mol. The molecule has 0 spiro atoms. The molecule has 120 valence electrons. The molecule has 23 heavy (non-hydrogen) atoms. The molecule has 3 rings (SSSR count). The molecule has 0 radical (unpaired) electrons. The Morgan fingerprint density at radius 1 is 1.26 bits per heavy atom. The Morgan fingerprint density at radius 3 is 2.91 bits per heavy atom. The average molecular weight is 331 g/mol. The molecule has 0 bridgehead atoms. The van der Waals surface area contributed by atoms with Gasteiger partial charge in [0.25, 0.3) is 5.91 Å². The number of carboxylic acids is 1. The molecule has 0 aliphatic heterocycles. The number of hydrogen-bond donors (Lipinski definition) is 2. The van der Waals surface area contributed by atoms with Crippen LogP contribution in [0.25, 0.3) is 0 Å². The normalized spacial score (nSPS) is 12.7. The summed E-state index contributed by atoms with van der Waals surface area (Å²) in [6.45, 7) is 0.00222. The van der Waals surface area contributed by atoms with Crippen molar-refractivity contribution >= 4 is 23.2 Å². The Labute approximate surface area is 137 Å². The molecular weight excluding hydrogens is 314 g/mol. The fourth-order valence-corrected chi connectivity index (χ4v) is 3.77. The number of carbonyl (C=O) groups excluding carboxylic acids is 1. The zero-order valence-electron chi connectivity index (χ0n) is 12.5. The lowest BCUT2D eigenvalue weighted by molar-refractivity contribution is -0.139. The van der Waals surface area contributed by atoms with E-state index in [1.807, 2.05) is 12.1 Å². The van der Waals surface area contributed by atoms with Gasteiger partial charge in [0.2, 0.25) is 0 Å². The summed E-state index contributed by atoms with van der Waals surface area (Å²) < 4.78 is 5.13. The van der Waals surface area contributed by atoms with Gasteiger partial charge in [0, 0.05) is 11.4 Å². The maximum absolute atomic E-state index is 12.2. The molecular formula is C17H17NO4S. The first-order valence-electron chi connectivity index (χ1n) is 7.45. The summed E-state index contributed by atoms with van der Waals surface area (Å²) in [4.78, 5) is 24.8. The molecule has 0 atom stereocenters. The fourth-order valence-electron chi connectivity index (χ4n) is 2.60. The molecule has 6 heteroatoms. The molecule has 0 saturated carbocycles. The summed E-state index contributed by atoms with van der Waals surface area (Å²) in [6, 6.07) is 9.06. The largest absolute Gasteiger partial charge is 0.482 e. The topological polar surface area (TPSA) is 75.6 Å². The van der Waals surface area contributed by atoms with Crippen molar-refractivity contribution in [2.75, 3.05) is 6.61 Å². The van der Waals surface area contributed by atoms with Crippen LogP contribution in [-0.4, -0.2) is 23.6 Å². The third-order valence-electron chi connectivity index (χ3n) is 3.68. The first kappa shape index (κ1) is 15.6. The number of hydrogen-bond acceptors (Lipinski definition) is 4. The van der Waals surface area contributed by atoms with E-state index in [0.29, 0.717) is 12.3 Å². The van der Waals surface area contributed by atoms with Crippen molar-refractivity contribution in [1.29, 1.82) is 0 Å². The molecule has 1 heterocycles. The van der Waals surface area contributed by atoms with E-state index in [0.717, 1.165) is 23.3 Å². The second kappa shape index (κ2) is 6.83. The summed E-state index contributed by atoms with van der Waals surface area (Å²) in [5.41, 5.74) is 2.18. The van der Waals surface area contributed by atoms with Crippen molar-refractivity contribution in [2.45, 2.75) is 25.8 Å². The van der Waals surface area contributed by atoms with Gasteiger partial charge in [-0.1, -0.05) is 12.1 Å². The Balaban J connectivity index is 1.57. The van der Waals surface area contributed by atoms with E-state index in [9.17, 15) is 9.59 Å². The van der Waals surface area contributed by atoms with Gasteiger partial charge in [-0.25, -0.2) is 4.79 Å². The second-order valence-electron chi connectivity index (χ2n) is 5.43. The molecule has 1 aromatic heterocycles. The third-order valence-corrected chi connectivity index (χ3v) is 4.92. The van der Waals surface area contributed by atoms with Crippen LogP contribution in [0.1, 0.15) is 32.1 Å². The van der Waals surface area contributed by atoms with Crippen molar-refractivity contribution in [3.05, 3.63) is 51.2 Å². The maximum Gasteiger partial charge on any atom is 0.341 e. The minimum atomic E-state index is -1.02. The smallest absolute Gasteiger partial charge is 0.341 e. The van der Waals surface area contributed by atoms with Gasteiger partial charge >= 0.3 is 5.97 Å². The van der Waals surface area contributed by atoms with E-state index in [4.69, 9.17) is 9.84 Å². The lowest BCUT2D eigenvalue weighted by Crippen LogP contribution is -2.21. The predicted octanol–water partition coefficient (Wildman–Crippen LogP) is 2.63. The summed E-state index contributed by atoms with van der Waals surface area (Å²) >= 11 is 1.58. The number of carboxylic acid groups (broad SMARTS) is 1. The molecule has 0 saturated heterocycles. The molecule has 5 nitrogen and oxygen atoms in total. The third kappa shape index (κ3) is 3.90. The van der Waals surface area contributed by atoms with Gasteiger partial charge in [-0.15, -0.1) is 11.3 Å². The van der Waals surface area contributed by atoms with Crippen LogP contribution in [0.2, 0.25) is 0 Å². The quantitative estimate of drug-likeness (QED) is 0.853. The second-order valence-corrected chi connectivity index (χ2v) is 6.56. The molecule has 1 amide bonds. The van der Waals surface area contributed by atoms with Crippen molar-refractivity contribution in [2.24, 2.45) is 0 Å². The van der Waals surface area contributed by atoms with E-state index in [2.05, 4.69) is 5.32 Å². The van der Waals surface area contributed by atoms with E-state index >= 15 is 0 Å². The first-order valence-corrected chi connectivity index (χ1v) is 8.27. The molecule has 2 N–H and O–H groups in total. The van der Waals surface area contributed by atoms with Crippen LogP contribution in [0.5, 0.6) is 5.75 Å². The molecule has 1 aromatic carbocycles. The SMILES string of the molecule is O=C(O)COc1cccc(CNC(=O)c2cc3c(s2)CCC3)c1. The number of aryl methyl sites for hydroxylation is 2. The van der Waals surface area contributed by atoms with Gasteiger partial charge in [0.1, 0.15) is 5.75 Å². The number of carbonyl (C=O) groups is 2. The van der Waals surface area contributed by atoms with Crippen molar-refractivity contribution < 1.29 is 19.4 Å². The minimum Gasteiger partial charge on any atom is -0.482 e. The van der Waals surface area contributed by atoms with E-state index in [1.165, 1.54) is 16.9 Å². The van der Waals surface area contributed by atoms with Gasteiger partial charge in [0.15, 0.2) is 6.61 Å². The number of amides is 1. The van der Waals surface area contributed by atoms with E-state index in [1.54, 1.807) is 29.5 Å². The summed E-state index contributed by atoms with van der Waals surface area (Å²) in [6.07, 6.45) is 3.34. The molecule has 1 aliphatic carbocycles. The zero-order valence-corrected chi connectivity index (χ0v) is 13.3. The molecule has 1 aliphatic rings. The van der Waals surface area contributed by atoms with Crippen LogP contribution in [0, 0.1) is 0 Å². The van der Waals surface area contributed by atoms with Crippen LogP contribution in [0.4, 0.5) is 0 Å². The monoisotopic (exact) mass is 331 g/mol. The first-order chi connectivity index (χ1) is 11.1. The summed E-state index contributed by atoms with van der Waals surface area (Å²) in [5, 5.41) is 11.5. The van der Waals surface area contributed by atoms with Gasteiger partial charge in [-0.2, -0.15) is 0 Å². The number of thiophene rings is 1. The van der Waals surface area contributed by atoms with Crippen molar-refractivity contribution in [3.8, 4) is 5.75 Å². The lowest BCUT2D eigenvalue weighted by Gasteiger charge is -2.07. The van der Waals surface area contributed by atoms with Crippen molar-refractivity contribution in [3.63, 3.8) is 0 Å². The standard InChI is InChI=1S/C17H17NO4S/c19-16(20)10-22-13-5-1-3-11(7-13)9-18-17(21)15-8-12-4-2-6-14(12)23-15/h1,3,5,7-8H,2,4,6,9-10H2,(H,18,21)(H,19,20). The van der Waals surface area contributed by atoms with Gasteiger partial charge < -0.3 is 15.2 Å². The van der Waals surface area contributed by atoms with Crippen LogP contribution in [-0.2, 0) is 24.2 Å². The minimum absolute atomic E-state index is 0.0683. The Bertz CT molecular complexity index is 716. The van der Waals surface area contributed by atoms with Crippen LogP contribution < -0.4 is 10.1 Å². The van der Waals surface area contributed by atoms with Crippen molar-refractivity contribution in [1.82, 2.24) is 5.32 Å². The number of rotatable bonds is 6. The highest BCUT2D eigenvalue weighted by atomic mass is 32.1. The number of nitrogens with one attached hydrogen (secondary N) is 1. The Morgan fingerprint density at radius 2 is 2.13 bits per heavy atom. The molecule has 0 fully saturated rings. The Hall–Kier alpha value is -2.34. The van der Waals surface area contributed by atoms with Crippen LogP contribution >= 0.6 is 11.3 Å². The highest BCUT2D eigenvalue weighted by Gasteiger charge is 2.18. The average Bonchev–Trinajstić information content (AvgIpc) is 3.12. The van der Waals surface area contributed by atoms with Crippen LogP contribution in [0.3, 0.4) is 0 Å². The van der Waals surface area contributed by atoms with Gasteiger partial charge in [-0.3, -0.25) is 4.79 Å². The zero-order chi connectivity index (χ0) is 16.2. The number of ether oxygens (including phenoxy) is 1. The fraction of sp³-hybridized carbons (Fsp3) is 0.294. The maximum atomic E-state index is 12.2. The summed E-state index contributed by atoms with van der Waals surface area (Å²) in [5.74, 6) is -0.607. The number of aliphatic carboxylic acids is 1. The van der Waals surface area contributed by atoms with E-state index < -0.39 is 5.97 Å². The van der Waals surface area contributed by atoms with Crippen LogP contribution in [0.15, 0.2) is 30.3 Å². The highest BCUT2D eigenvalue weighted by molar-refractivity contribution is 7.14. The molecule has 2 aromatic rings. The number of fused-ring (bicyclic) bond motifs is 1. The molecule has 0 unspecified atom stereocenters. The van der Waals surface area contributed by atoms with Gasteiger partial charge in [-0.05, 0) is 48.6 Å². The number of benzene rings is 1. The van der Waals surface area contributed by atoms with Gasteiger partial charge in [0.05, 0.1) is 4.88 Å². The lowest BCUT2D eigenvalue weighted by atomic mass is 10.2.